The van der Waals surface area contributed by atoms with Crippen LogP contribution in [-0.2, 0) is 13.1 Å². The quantitative estimate of drug-likeness (QED) is 0.902. The van der Waals surface area contributed by atoms with Crippen molar-refractivity contribution < 1.29 is 4.42 Å². The molecule has 0 amide bonds. The number of pyridine rings is 1. The Morgan fingerprint density at radius 1 is 1.35 bits per heavy atom. The van der Waals surface area contributed by atoms with Gasteiger partial charge < -0.3 is 9.73 Å². The number of hydrogen-bond donors (Lipinski definition) is 1. The molecule has 0 aromatic carbocycles. The van der Waals surface area contributed by atoms with Crippen molar-refractivity contribution in [2.75, 3.05) is 0 Å². The van der Waals surface area contributed by atoms with Crippen LogP contribution in [0.1, 0.15) is 16.9 Å². The zero-order valence-corrected chi connectivity index (χ0v) is 12.5. The largest absolute Gasteiger partial charge is 0.452 e. The molecule has 2 heterocycles. The molecule has 0 radical (unpaired) electrons. The second-order valence-electron chi connectivity index (χ2n) is 3.74. The van der Waals surface area contributed by atoms with E-state index in [2.05, 4.69) is 49.1 Å². The van der Waals surface area contributed by atoms with Gasteiger partial charge in [0.25, 0.3) is 0 Å². The molecule has 5 heteroatoms. The molecule has 2 rings (SSSR count). The number of rotatable bonds is 4. The number of hydrogen-bond acceptors (Lipinski definition) is 3. The van der Waals surface area contributed by atoms with Crippen molar-refractivity contribution in [2.45, 2.75) is 20.0 Å². The first-order valence-corrected chi connectivity index (χ1v) is 6.79. The predicted molar refractivity (Wildman–Crippen MR) is 73.6 cm³/mol. The summed E-state index contributed by atoms with van der Waals surface area (Å²) in [5.74, 6) is 0.899. The van der Waals surface area contributed by atoms with Crippen LogP contribution in [0.5, 0.6) is 0 Å². The van der Waals surface area contributed by atoms with Crippen LogP contribution < -0.4 is 5.32 Å². The van der Waals surface area contributed by atoms with E-state index in [0.29, 0.717) is 6.54 Å². The van der Waals surface area contributed by atoms with Crippen molar-refractivity contribution in [1.29, 1.82) is 0 Å². The van der Waals surface area contributed by atoms with Crippen LogP contribution in [0, 0.1) is 6.92 Å². The van der Waals surface area contributed by atoms with Gasteiger partial charge in [0.15, 0.2) is 4.67 Å². The molecule has 3 nitrogen and oxygen atoms in total. The number of nitrogens with one attached hydrogen (secondary N) is 1. The van der Waals surface area contributed by atoms with Crippen LogP contribution in [0.3, 0.4) is 0 Å². The van der Waals surface area contributed by atoms with E-state index < -0.39 is 0 Å². The maximum absolute atomic E-state index is 5.48. The van der Waals surface area contributed by atoms with Crippen molar-refractivity contribution >= 4 is 31.9 Å². The maximum atomic E-state index is 5.48. The molecule has 0 unspecified atom stereocenters. The Balaban J connectivity index is 1.90. The molecule has 0 aliphatic carbocycles. The number of furan rings is 1. The lowest BCUT2D eigenvalue weighted by atomic mass is 10.1. The average Bonchev–Trinajstić information content (AvgIpc) is 2.61. The van der Waals surface area contributed by atoms with Gasteiger partial charge in [0.2, 0.25) is 0 Å². The minimum absolute atomic E-state index is 0.700. The Hall–Kier alpha value is -0.650. The lowest BCUT2D eigenvalue weighted by Gasteiger charge is -2.05. The third-order valence-corrected chi connectivity index (χ3v) is 4.16. The summed E-state index contributed by atoms with van der Waals surface area (Å²) in [6.07, 6.45) is 3.68. The summed E-state index contributed by atoms with van der Waals surface area (Å²) in [6.45, 7) is 3.57. The molecule has 0 fully saturated rings. The van der Waals surface area contributed by atoms with Gasteiger partial charge in [-0.2, -0.15) is 0 Å². The van der Waals surface area contributed by atoms with Gasteiger partial charge in [0.1, 0.15) is 5.76 Å². The highest BCUT2D eigenvalue weighted by Crippen LogP contribution is 2.26. The molecule has 0 bridgehead atoms. The monoisotopic (exact) mass is 358 g/mol. The first-order chi connectivity index (χ1) is 8.16. The van der Waals surface area contributed by atoms with E-state index in [0.717, 1.165) is 21.4 Å². The van der Waals surface area contributed by atoms with Crippen molar-refractivity contribution in [1.82, 2.24) is 10.3 Å². The number of halogens is 2. The molecule has 2 aromatic rings. The minimum atomic E-state index is 0.700. The second kappa shape index (κ2) is 5.80. The highest BCUT2D eigenvalue weighted by atomic mass is 79.9. The second-order valence-corrected chi connectivity index (χ2v) is 5.31. The Labute approximate surface area is 117 Å². The topological polar surface area (TPSA) is 38.1 Å². The molecule has 0 atom stereocenters. The van der Waals surface area contributed by atoms with Gasteiger partial charge in [-0.05, 0) is 62.0 Å². The van der Waals surface area contributed by atoms with Crippen molar-refractivity contribution in [3.05, 3.63) is 50.6 Å². The Morgan fingerprint density at radius 2 is 2.18 bits per heavy atom. The maximum Gasteiger partial charge on any atom is 0.183 e. The minimum Gasteiger partial charge on any atom is -0.452 e. The molecule has 17 heavy (non-hydrogen) atoms. The normalized spacial score (nSPS) is 10.8. The fourth-order valence-corrected chi connectivity index (χ4v) is 2.16. The van der Waals surface area contributed by atoms with Crippen LogP contribution in [0.25, 0.3) is 0 Å². The van der Waals surface area contributed by atoms with E-state index in [1.165, 1.54) is 11.1 Å². The van der Waals surface area contributed by atoms with Gasteiger partial charge in [-0.15, -0.1) is 0 Å². The predicted octanol–water partition coefficient (Wildman–Crippen LogP) is 3.80. The average molecular weight is 360 g/mol. The van der Waals surface area contributed by atoms with Gasteiger partial charge in [0, 0.05) is 18.9 Å². The Bertz CT molecular complexity index is 491. The van der Waals surface area contributed by atoms with Gasteiger partial charge in [0.05, 0.1) is 11.0 Å². The van der Waals surface area contributed by atoms with E-state index in [9.17, 15) is 0 Å². The summed E-state index contributed by atoms with van der Waals surface area (Å²) in [4.78, 5) is 4.07. The molecule has 0 spiro atoms. The van der Waals surface area contributed by atoms with E-state index in [1.807, 2.05) is 24.5 Å². The summed E-state index contributed by atoms with van der Waals surface area (Å²) >= 11 is 6.70. The number of aromatic nitrogens is 1. The van der Waals surface area contributed by atoms with E-state index in [1.54, 1.807) is 0 Å². The molecule has 0 aliphatic rings. The Kier molecular flexibility index (Phi) is 4.36. The van der Waals surface area contributed by atoms with Crippen molar-refractivity contribution in [3.63, 3.8) is 0 Å². The summed E-state index contributed by atoms with van der Waals surface area (Å²) in [6, 6.07) is 3.98. The van der Waals surface area contributed by atoms with Gasteiger partial charge in [-0.1, -0.05) is 0 Å². The fraction of sp³-hybridized carbons (Fsp3) is 0.250. The first kappa shape index (κ1) is 12.8. The molecule has 0 aliphatic heterocycles. The zero-order valence-electron chi connectivity index (χ0n) is 9.34. The summed E-state index contributed by atoms with van der Waals surface area (Å²) in [7, 11) is 0. The van der Waals surface area contributed by atoms with Gasteiger partial charge in [-0.3, -0.25) is 4.98 Å². The molecular weight excluding hydrogens is 348 g/mol. The summed E-state index contributed by atoms with van der Waals surface area (Å²) < 4.78 is 7.15. The highest BCUT2D eigenvalue weighted by molar-refractivity contribution is 9.13. The van der Waals surface area contributed by atoms with E-state index in [4.69, 9.17) is 4.42 Å². The van der Waals surface area contributed by atoms with Crippen LogP contribution in [0.2, 0.25) is 0 Å². The molecule has 0 saturated carbocycles. The fourth-order valence-electron chi connectivity index (χ4n) is 1.50. The smallest absolute Gasteiger partial charge is 0.183 e. The third kappa shape index (κ3) is 3.40. The summed E-state index contributed by atoms with van der Waals surface area (Å²) in [5, 5.41) is 3.34. The van der Waals surface area contributed by atoms with Crippen LogP contribution in [0.4, 0.5) is 0 Å². The molecular formula is C12H12Br2N2O. The van der Waals surface area contributed by atoms with Gasteiger partial charge in [-0.25, -0.2) is 0 Å². The van der Waals surface area contributed by atoms with Crippen molar-refractivity contribution in [2.24, 2.45) is 0 Å². The lowest BCUT2D eigenvalue weighted by molar-refractivity contribution is 0.464. The molecule has 0 saturated heterocycles. The Morgan fingerprint density at radius 3 is 2.82 bits per heavy atom. The summed E-state index contributed by atoms with van der Waals surface area (Å²) in [5.41, 5.74) is 2.45. The van der Waals surface area contributed by atoms with Crippen LogP contribution >= 0.6 is 31.9 Å². The van der Waals surface area contributed by atoms with Gasteiger partial charge >= 0.3 is 0 Å². The number of nitrogens with zero attached hydrogens (tertiary/aromatic N) is 1. The lowest BCUT2D eigenvalue weighted by Crippen LogP contribution is -2.13. The SMILES string of the molecule is Cc1cnccc1CNCc1cc(Br)c(Br)o1. The standard InChI is InChI=1S/C12H12Br2N2O/c1-8-5-15-3-2-9(8)6-16-7-10-4-11(13)12(14)17-10/h2-5,16H,6-7H2,1H3. The molecule has 1 N–H and O–H groups in total. The first-order valence-electron chi connectivity index (χ1n) is 5.20. The van der Waals surface area contributed by atoms with Crippen LogP contribution in [-0.4, -0.2) is 4.98 Å². The highest BCUT2D eigenvalue weighted by Gasteiger charge is 2.05. The molecule has 2 aromatic heterocycles. The van der Waals surface area contributed by atoms with Crippen LogP contribution in [0.15, 0.2) is 38.1 Å². The van der Waals surface area contributed by atoms with Crippen molar-refractivity contribution in [3.8, 4) is 0 Å². The van der Waals surface area contributed by atoms with E-state index >= 15 is 0 Å². The molecule has 90 valence electrons. The third-order valence-electron chi connectivity index (χ3n) is 2.45. The zero-order chi connectivity index (χ0) is 12.3. The number of aryl methyl sites for hydroxylation is 1. The van der Waals surface area contributed by atoms with E-state index in [-0.39, 0.29) is 0 Å².